The van der Waals surface area contributed by atoms with E-state index >= 15 is 0 Å². The predicted molar refractivity (Wildman–Crippen MR) is 65.4 cm³/mol. The molecule has 1 rings (SSSR count). The number of aryl methyl sites for hydroxylation is 1. The van der Waals surface area contributed by atoms with E-state index in [1.165, 1.54) is 11.8 Å². The van der Waals surface area contributed by atoms with Gasteiger partial charge in [-0.25, -0.2) is 9.97 Å². The maximum Gasteiger partial charge on any atom is 0.230 e. The van der Waals surface area contributed by atoms with Crippen LogP contribution in [-0.2, 0) is 4.79 Å². The molecule has 5 heteroatoms. The van der Waals surface area contributed by atoms with Gasteiger partial charge in [0.25, 0.3) is 0 Å². The van der Waals surface area contributed by atoms with Gasteiger partial charge in [0.05, 0.1) is 5.25 Å². The highest BCUT2D eigenvalue weighted by Crippen LogP contribution is 2.23. The Morgan fingerprint density at radius 1 is 1.38 bits per heavy atom. The molecule has 0 saturated carbocycles. The molecule has 1 heterocycles. The Morgan fingerprint density at radius 3 is 2.50 bits per heavy atom. The molecule has 0 aliphatic rings. The van der Waals surface area contributed by atoms with Crippen molar-refractivity contribution in [3.05, 3.63) is 17.6 Å². The van der Waals surface area contributed by atoms with Gasteiger partial charge >= 0.3 is 0 Å². The number of nitrogens with zero attached hydrogens (tertiary/aromatic N) is 2. The van der Waals surface area contributed by atoms with Crippen LogP contribution >= 0.6 is 11.8 Å². The van der Waals surface area contributed by atoms with Crippen molar-refractivity contribution in [2.24, 2.45) is 5.73 Å². The molecule has 0 aliphatic carbocycles. The fourth-order valence-corrected chi connectivity index (χ4v) is 1.98. The molecule has 2 N–H and O–H groups in total. The fourth-order valence-electron chi connectivity index (χ4n) is 1.12. The van der Waals surface area contributed by atoms with Crippen molar-refractivity contribution in [2.75, 3.05) is 0 Å². The van der Waals surface area contributed by atoms with Crippen molar-refractivity contribution < 1.29 is 4.79 Å². The summed E-state index contributed by atoms with van der Waals surface area (Å²) in [5.41, 5.74) is 6.13. The van der Waals surface area contributed by atoms with Crippen LogP contribution in [-0.4, -0.2) is 21.1 Å². The van der Waals surface area contributed by atoms with E-state index in [0.717, 1.165) is 16.5 Å². The van der Waals surface area contributed by atoms with Crippen molar-refractivity contribution in [1.82, 2.24) is 9.97 Å². The molecule has 16 heavy (non-hydrogen) atoms. The normalized spacial score (nSPS) is 12.8. The van der Waals surface area contributed by atoms with Crippen LogP contribution in [0.25, 0.3) is 0 Å². The largest absolute Gasteiger partial charge is 0.369 e. The third kappa shape index (κ3) is 3.48. The fraction of sp³-hybridized carbons (Fsp3) is 0.545. The molecule has 4 nitrogen and oxygen atoms in total. The van der Waals surface area contributed by atoms with Gasteiger partial charge in [0.1, 0.15) is 10.9 Å². The van der Waals surface area contributed by atoms with E-state index in [4.69, 9.17) is 5.73 Å². The predicted octanol–water partition coefficient (Wildman–Crippen LogP) is 1.87. The summed E-state index contributed by atoms with van der Waals surface area (Å²) in [4.78, 5) is 19.7. The number of carbonyl (C=O) groups excluding carboxylic acids is 1. The lowest BCUT2D eigenvalue weighted by Gasteiger charge is -2.10. The SMILES string of the molecule is Cc1cc(S[C@@H](C)C(N)=O)nc(C(C)C)n1. The molecule has 0 unspecified atom stereocenters. The van der Waals surface area contributed by atoms with Crippen LogP contribution in [0.4, 0.5) is 0 Å². The van der Waals surface area contributed by atoms with Gasteiger partial charge < -0.3 is 5.73 Å². The van der Waals surface area contributed by atoms with Gasteiger partial charge in [-0.3, -0.25) is 4.79 Å². The third-order valence-corrected chi connectivity index (χ3v) is 3.10. The molecule has 0 aromatic carbocycles. The van der Waals surface area contributed by atoms with Gasteiger partial charge in [-0.05, 0) is 19.9 Å². The number of hydrogen-bond donors (Lipinski definition) is 1. The van der Waals surface area contributed by atoms with E-state index in [9.17, 15) is 4.79 Å². The summed E-state index contributed by atoms with van der Waals surface area (Å²) in [5, 5.41) is 0.539. The molecule has 1 aromatic heterocycles. The Labute approximate surface area is 100 Å². The second kappa shape index (κ2) is 5.30. The number of aromatic nitrogens is 2. The maximum absolute atomic E-state index is 11.0. The number of thioether (sulfide) groups is 1. The zero-order valence-electron chi connectivity index (χ0n) is 10.0. The molecular formula is C11H17N3OS. The number of hydrogen-bond acceptors (Lipinski definition) is 4. The second-order valence-corrected chi connectivity index (χ2v) is 5.38. The molecule has 0 fully saturated rings. The van der Waals surface area contributed by atoms with E-state index < -0.39 is 0 Å². The quantitative estimate of drug-likeness (QED) is 0.643. The molecule has 0 radical (unpaired) electrons. The summed E-state index contributed by atoms with van der Waals surface area (Å²) < 4.78 is 0. The third-order valence-electron chi connectivity index (χ3n) is 2.06. The second-order valence-electron chi connectivity index (χ2n) is 4.02. The smallest absolute Gasteiger partial charge is 0.230 e. The van der Waals surface area contributed by atoms with E-state index in [2.05, 4.69) is 9.97 Å². The first-order chi connectivity index (χ1) is 7.40. The summed E-state index contributed by atoms with van der Waals surface area (Å²) in [5.74, 6) is 0.759. The van der Waals surface area contributed by atoms with Crippen LogP contribution in [0.15, 0.2) is 11.1 Å². The maximum atomic E-state index is 11.0. The highest BCUT2D eigenvalue weighted by Gasteiger charge is 2.13. The van der Waals surface area contributed by atoms with E-state index in [-0.39, 0.29) is 17.1 Å². The van der Waals surface area contributed by atoms with Crippen LogP contribution < -0.4 is 5.73 Å². The molecule has 0 spiro atoms. The minimum Gasteiger partial charge on any atom is -0.369 e. The monoisotopic (exact) mass is 239 g/mol. The molecule has 0 bridgehead atoms. The van der Waals surface area contributed by atoms with E-state index in [0.29, 0.717) is 0 Å². The summed E-state index contributed by atoms with van der Waals surface area (Å²) in [6, 6.07) is 1.87. The first kappa shape index (κ1) is 13.0. The molecule has 1 aromatic rings. The molecule has 0 saturated heterocycles. The average Bonchev–Trinajstić information content (AvgIpc) is 2.16. The van der Waals surface area contributed by atoms with Gasteiger partial charge in [-0.1, -0.05) is 25.6 Å². The van der Waals surface area contributed by atoms with Crippen LogP contribution in [0.2, 0.25) is 0 Å². The lowest BCUT2D eigenvalue weighted by Crippen LogP contribution is -2.22. The van der Waals surface area contributed by atoms with Crippen LogP contribution in [0, 0.1) is 6.92 Å². The summed E-state index contributed by atoms with van der Waals surface area (Å²) in [6.07, 6.45) is 0. The van der Waals surface area contributed by atoms with Gasteiger partial charge in [0.2, 0.25) is 5.91 Å². The van der Waals surface area contributed by atoms with Crippen molar-refractivity contribution in [1.29, 1.82) is 0 Å². The Kier molecular flexibility index (Phi) is 4.29. The van der Waals surface area contributed by atoms with Crippen molar-refractivity contribution in [2.45, 2.75) is 43.9 Å². The van der Waals surface area contributed by atoms with Crippen LogP contribution in [0.3, 0.4) is 0 Å². The summed E-state index contributed by atoms with van der Waals surface area (Å²) in [7, 11) is 0. The zero-order chi connectivity index (χ0) is 12.3. The Balaban J connectivity index is 2.92. The van der Waals surface area contributed by atoms with Crippen molar-refractivity contribution in [3.8, 4) is 0 Å². The van der Waals surface area contributed by atoms with Crippen LogP contribution in [0.1, 0.15) is 38.2 Å². The van der Waals surface area contributed by atoms with Crippen molar-refractivity contribution in [3.63, 3.8) is 0 Å². The number of nitrogens with two attached hydrogens (primary N) is 1. The molecule has 1 atom stereocenters. The minimum atomic E-state index is -0.327. The molecular weight excluding hydrogens is 222 g/mol. The van der Waals surface area contributed by atoms with Gasteiger partial charge in [0.15, 0.2) is 0 Å². The molecule has 1 amide bonds. The zero-order valence-corrected chi connectivity index (χ0v) is 10.8. The molecule has 88 valence electrons. The summed E-state index contributed by atoms with van der Waals surface area (Å²) in [6.45, 7) is 7.79. The molecule has 0 aliphatic heterocycles. The van der Waals surface area contributed by atoms with Gasteiger partial charge in [-0.15, -0.1) is 0 Å². The van der Waals surface area contributed by atoms with Crippen LogP contribution in [0.5, 0.6) is 0 Å². The van der Waals surface area contributed by atoms with Gasteiger partial charge in [0, 0.05) is 11.6 Å². The summed E-state index contributed by atoms with van der Waals surface area (Å²) >= 11 is 1.37. The van der Waals surface area contributed by atoms with Crippen molar-refractivity contribution >= 4 is 17.7 Å². The first-order valence-electron chi connectivity index (χ1n) is 5.21. The minimum absolute atomic E-state index is 0.269. The standard InChI is InChI=1S/C11H17N3OS/c1-6(2)11-13-7(3)5-9(14-11)16-8(4)10(12)15/h5-6,8H,1-4H3,(H2,12,15)/t8-/m0/s1. The highest BCUT2D eigenvalue weighted by molar-refractivity contribution is 8.00. The topological polar surface area (TPSA) is 68.9 Å². The Hall–Kier alpha value is -1.10. The number of rotatable bonds is 4. The number of primary amides is 1. The Bertz CT molecular complexity index is 393. The van der Waals surface area contributed by atoms with E-state index in [1.807, 2.05) is 26.8 Å². The highest BCUT2D eigenvalue weighted by atomic mass is 32.2. The Morgan fingerprint density at radius 2 is 2.00 bits per heavy atom. The number of carbonyl (C=O) groups is 1. The lowest BCUT2D eigenvalue weighted by molar-refractivity contribution is -0.117. The average molecular weight is 239 g/mol. The first-order valence-corrected chi connectivity index (χ1v) is 6.09. The van der Waals surface area contributed by atoms with Gasteiger partial charge in [-0.2, -0.15) is 0 Å². The van der Waals surface area contributed by atoms with E-state index in [1.54, 1.807) is 6.92 Å². The lowest BCUT2D eigenvalue weighted by atomic mass is 10.2. The number of amides is 1.